The predicted octanol–water partition coefficient (Wildman–Crippen LogP) is 1.10. The van der Waals surface area contributed by atoms with Crippen LogP contribution in [-0.2, 0) is 19.9 Å². The molecule has 0 aliphatic heterocycles. The lowest BCUT2D eigenvalue weighted by Gasteiger charge is -2.11. The van der Waals surface area contributed by atoms with Gasteiger partial charge in [-0.05, 0) is 18.1 Å². The first-order valence-corrected chi connectivity index (χ1v) is 9.44. The van der Waals surface area contributed by atoms with E-state index >= 15 is 0 Å². The Bertz CT molecular complexity index is 626. The van der Waals surface area contributed by atoms with E-state index in [4.69, 9.17) is 11.6 Å². The minimum absolute atomic E-state index is 0.107. The second kappa shape index (κ2) is 6.06. The monoisotopic (exact) mass is 326 g/mol. The molecule has 6 nitrogen and oxygen atoms in total. The van der Waals surface area contributed by atoms with Crippen LogP contribution in [0.2, 0.25) is 0 Å². The van der Waals surface area contributed by atoms with Gasteiger partial charge in [0.15, 0.2) is 14.9 Å². The molecule has 1 aromatic rings. The molecule has 108 valence electrons. The van der Waals surface area contributed by atoms with Crippen molar-refractivity contribution in [1.82, 2.24) is 4.98 Å². The molecule has 1 rings (SSSR count). The molecule has 9 heteroatoms. The molecule has 0 fully saturated rings. The molecule has 19 heavy (non-hydrogen) atoms. The summed E-state index contributed by atoms with van der Waals surface area (Å²) in [4.78, 5) is 3.69. The minimum Gasteiger partial charge on any atom is -0.282 e. The Morgan fingerprint density at radius 2 is 1.95 bits per heavy atom. The number of aromatic nitrogens is 1. The maximum atomic E-state index is 11.7. The topological polar surface area (TPSA) is 93.2 Å². The van der Waals surface area contributed by atoms with Crippen LogP contribution >= 0.6 is 11.6 Å². The Labute approximate surface area is 118 Å². The fourth-order valence-corrected chi connectivity index (χ4v) is 3.53. The Hall–Kier alpha value is -0.860. The average molecular weight is 327 g/mol. The van der Waals surface area contributed by atoms with E-state index in [0.29, 0.717) is 0 Å². The summed E-state index contributed by atoms with van der Waals surface area (Å²) in [6.45, 7) is 1.72. The molecule has 0 bridgehead atoms. The third-order valence-electron chi connectivity index (χ3n) is 2.16. The van der Waals surface area contributed by atoms with Crippen molar-refractivity contribution in [3.05, 3.63) is 18.3 Å². The van der Waals surface area contributed by atoms with E-state index in [9.17, 15) is 16.8 Å². The molecule has 0 saturated carbocycles. The standard InChI is InChI=1S/C10H15ClN2O4S2/c1-8(5-11)7-19(16,17)13-9-3-4-10(12-6-9)18(2,14)15/h3-4,6,8,13H,5,7H2,1-2H3. The van der Waals surface area contributed by atoms with Gasteiger partial charge in [0.05, 0.1) is 17.6 Å². The summed E-state index contributed by atoms with van der Waals surface area (Å²) in [5.74, 6) is -0.0429. The van der Waals surface area contributed by atoms with E-state index in [1.165, 1.54) is 18.3 Å². The highest BCUT2D eigenvalue weighted by atomic mass is 35.5. The van der Waals surface area contributed by atoms with Crippen molar-refractivity contribution in [1.29, 1.82) is 0 Å². The van der Waals surface area contributed by atoms with Crippen molar-refractivity contribution >= 4 is 37.1 Å². The maximum Gasteiger partial charge on any atom is 0.233 e. The second-order valence-electron chi connectivity index (χ2n) is 4.30. The molecule has 0 spiro atoms. The van der Waals surface area contributed by atoms with Gasteiger partial charge in [-0.2, -0.15) is 0 Å². The first-order chi connectivity index (χ1) is 8.64. The van der Waals surface area contributed by atoms with Crippen molar-refractivity contribution in [2.75, 3.05) is 22.6 Å². The molecule has 1 heterocycles. The predicted molar refractivity (Wildman–Crippen MR) is 74.6 cm³/mol. The first-order valence-electron chi connectivity index (χ1n) is 5.36. The largest absolute Gasteiger partial charge is 0.282 e. The summed E-state index contributed by atoms with van der Waals surface area (Å²) >= 11 is 5.56. The van der Waals surface area contributed by atoms with Gasteiger partial charge in [0, 0.05) is 12.1 Å². The highest BCUT2D eigenvalue weighted by Gasteiger charge is 2.16. The quantitative estimate of drug-likeness (QED) is 0.790. The number of sulfonamides is 1. The van der Waals surface area contributed by atoms with Gasteiger partial charge in [-0.3, -0.25) is 4.72 Å². The molecule has 0 aromatic carbocycles. The van der Waals surface area contributed by atoms with Crippen molar-refractivity contribution in [3.63, 3.8) is 0 Å². The van der Waals surface area contributed by atoms with Gasteiger partial charge in [0.25, 0.3) is 0 Å². The molecule has 0 amide bonds. The van der Waals surface area contributed by atoms with E-state index in [1.807, 2.05) is 0 Å². The number of sulfone groups is 1. The number of nitrogens with zero attached hydrogens (tertiary/aromatic N) is 1. The maximum absolute atomic E-state index is 11.7. The normalized spacial score (nSPS) is 14.1. The highest BCUT2D eigenvalue weighted by Crippen LogP contribution is 2.13. The van der Waals surface area contributed by atoms with Crippen molar-refractivity contribution < 1.29 is 16.8 Å². The SMILES string of the molecule is CC(CCl)CS(=O)(=O)Nc1ccc(S(C)(=O)=O)nc1. The molecule has 1 aromatic heterocycles. The summed E-state index contributed by atoms with van der Waals surface area (Å²) < 4.78 is 48.2. The van der Waals surface area contributed by atoms with Crippen molar-refractivity contribution in [2.24, 2.45) is 5.92 Å². The number of rotatable bonds is 6. The zero-order valence-corrected chi connectivity index (χ0v) is 12.9. The van der Waals surface area contributed by atoms with Crippen molar-refractivity contribution in [2.45, 2.75) is 11.9 Å². The van der Waals surface area contributed by atoms with Gasteiger partial charge in [-0.15, -0.1) is 11.6 Å². The molecule has 1 unspecified atom stereocenters. The Kier molecular flexibility index (Phi) is 5.17. The van der Waals surface area contributed by atoms with Crippen LogP contribution in [0.5, 0.6) is 0 Å². The average Bonchev–Trinajstić information content (AvgIpc) is 2.27. The Morgan fingerprint density at radius 3 is 2.37 bits per heavy atom. The number of hydrogen-bond donors (Lipinski definition) is 1. The number of halogens is 1. The van der Waals surface area contributed by atoms with E-state index in [2.05, 4.69) is 9.71 Å². The third kappa shape index (κ3) is 5.33. The van der Waals surface area contributed by atoms with Crippen LogP contribution in [-0.4, -0.2) is 39.7 Å². The lowest BCUT2D eigenvalue weighted by atomic mass is 10.3. The van der Waals surface area contributed by atoms with Crippen molar-refractivity contribution in [3.8, 4) is 0 Å². The first kappa shape index (κ1) is 16.2. The summed E-state index contributed by atoms with van der Waals surface area (Å²) in [5, 5.41) is -0.107. The summed E-state index contributed by atoms with van der Waals surface area (Å²) in [6.07, 6.45) is 2.20. The van der Waals surface area contributed by atoms with Crippen LogP contribution in [0.3, 0.4) is 0 Å². The van der Waals surface area contributed by atoms with E-state index in [0.717, 1.165) is 6.26 Å². The van der Waals surface area contributed by atoms with Crippen LogP contribution in [0.1, 0.15) is 6.92 Å². The van der Waals surface area contributed by atoms with Crippen LogP contribution in [0.15, 0.2) is 23.4 Å². The molecule has 0 radical (unpaired) electrons. The van der Waals surface area contributed by atoms with Crippen LogP contribution in [0, 0.1) is 5.92 Å². The van der Waals surface area contributed by atoms with E-state index < -0.39 is 19.9 Å². The molecule has 0 aliphatic carbocycles. The fourth-order valence-electron chi connectivity index (χ4n) is 1.30. The van der Waals surface area contributed by atoms with E-state index in [1.54, 1.807) is 6.92 Å². The lowest BCUT2D eigenvalue weighted by Crippen LogP contribution is -2.22. The van der Waals surface area contributed by atoms with E-state index in [-0.39, 0.29) is 28.3 Å². The third-order valence-corrected chi connectivity index (χ3v) is 5.24. The van der Waals surface area contributed by atoms with Gasteiger partial charge in [-0.25, -0.2) is 21.8 Å². The van der Waals surface area contributed by atoms with Gasteiger partial charge < -0.3 is 0 Å². The Morgan fingerprint density at radius 1 is 1.32 bits per heavy atom. The van der Waals surface area contributed by atoms with Crippen LogP contribution < -0.4 is 4.72 Å². The number of anilines is 1. The van der Waals surface area contributed by atoms with Crippen LogP contribution in [0.4, 0.5) is 5.69 Å². The summed E-state index contributed by atoms with van der Waals surface area (Å²) in [5.41, 5.74) is 0.217. The Balaban J connectivity index is 2.84. The number of pyridine rings is 1. The lowest BCUT2D eigenvalue weighted by molar-refractivity contribution is 0.588. The fraction of sp³-hybridized carbons (Fsp3) is 0.500. The number of nitrogens with one attached hydrogen (secondary N) is 1. The molecule has 0 saturated heterocycles. The number of hydrogen-bond acceptors (Lipinski definition) is 5. The molecule has 0 aliphatic rings. The molecule has 1 atom stereocenters. The van der Waals surface area contributed by atoms with Gasteiger partial charge in [-0.1, -0.05) is 6.92 Å². The summed E-state index contributed by atoms with van der Waals surface area (Å²) in [7, 11) is -6.91. The smallest absolute Gasteiger partial charge is 0.233 e. The second-order valence-corrected chi connectivity index (χ2v) is 8.34. The highest BCUT2D eigenvalue weighted by molar-refractivity contribution is 7.92. The molecular formula is C10H15ClN2O4S2. The molecular weight excluding hydrogens is 312 g/mol. The number of alkyl halides is 1. The van der Waals surface area contributed by atoms with Crippen LogP contribution in [0.25, 0.3) is 0 Å². The zero-order valence-electron chi connectivity index (χ0n) is 10.5. The minimum atomic E-state index is -3.52. The zero-order chi connectivity index (χ0) is 14.7. The van der Waals surface area contributed by atoms with Gasteiger partial charge in [0.2, 0.25) is 10.0 Å². The van der Waals surface area contributed by atoms with Gasteiger partial charge >= 0.3 is 0 Å². The summed E-state index contributed by atoms with van der Waals surface area (Å²) in [6, 6.07) is 2.60. The van der Waals surface area contributed by atoms with Gasteiger partial charge in [0.1, 0.15) is 0 Å². The molecule has 1 N–H and O–H groups in total.